The summed E-state index contributed by atoms with van der Waals surface area (Å²) >= 11 is 0. The highest BCUT2D eigenvalue weighted by atomic mass is 16.1. The van der Waals surface area contributed by atoms with Crippen LogP contribution in [0.4, 0.5) is 0 Å². The van der Waals surface area contributed by atoms with Crippen molar-refractivity contribution in [3.05, 3.63) is 35.9 Å². The van der Waals surface area contributed by atoms with Gasteiger partial charge in [0.1, 0.15) is 5.78 Å². The first-order valence-corrected chi connectivity index (χ1v) is 6.49. The van der Waals surface area contributed by atoms with Crippen LogP contribution in [0.15, 0.2) is 30.3 Å². The Hall–Kier alpha value is -1.15. The van der Waals surface area contributed by atoms with Crippen LogP contribution < -0.4 is 0 Å². The predicted molar refractivity (Wildman–Crippen MR) is 68.0 cm³/mol. The molecule has 0 saturated carbocycles. The van der Waals surface area contributed by atoms with Crippen LogP contribution in [0.2, 0.25) is 0 Å². The molecule has 0 bridgehead atoms. The minimum absolute atomic E-state index is 0.233. The van der Waals surface area contributed by atoms with Crippen molar-refractivity contribution in [2.75, 3.05) is 13.1 Å². The highest BCUT2D eigenvalue weighted by Crippen LogP contribution is 2.40. The van der Waals surface area contributed by atoms with Crippen molar-refractivity contribution in [3.63, 3.8) is 0 Å². The van der Waals surface area contributed by atoms with E-state index in [2.05, 4.69) is 42.2 Å². The summed E-state index contributed by atoms with van der Waals surface area (Å²) in [6, 6.07) is 11.2. The molecule has 2 nitrogen and oxygen atoms in total. The average Bonchev–Trinajstić information content (AvgIpc) is 2.67. The molecule has 2 aliphatic heterocycles. The lowest BCUT2D eigenvalue weighted by Gasteiger charge is -2.28. The number of nitrogens with zero attached hydrogens (tertiary/aromatic N) is 1. The molecule has 0 radical (unpaired) electrons. The summed E-state index contributed by atoms with van der Waals surface area (Å²) in [5.74, 6) is 0.448. The SMILES string of the molecule is CC1(c2ccccc2)CC2CC(=O)CCN2C1. The largest absolute Gasteiger partial charge is 0.300 e. The first-order valence-electron chi connectivity index (χ1n) is 6.49. The quantitative estimate of drug-likeness (QED) is 0.737. The second kappa shape index (κ2) is 3.95. The van der Waals surface area contributed by atoms with E-state index in [1.54, 1.807) is 0 Å². The van der Waals surface area contributed by atoms with Crippen LogP contribution in [0.25, 0.3) is 0 Å². The van der Waals surface area contributed by atoms with Gasteiger partial charge >= 0.3 is 0 Å². The molecule has 0 aliphatic carbocycles. The Labute approximate surface area is 103 Å². The molecule has 2 heteroatoms. The monoisotopic (exact) mass is 229 g/mol. The number of ketones is 1. The van der Waals surface area contributed by atoms with Crippen LogP contribution in [0, 0.1) is 0 Å². The molecule has 1 aromatic rings. The van der Waals surface area contributed by atoms with Crippen LogP contribution in [0.3, 0.4) is 0 Å². The van der Waals surface area contributed by atoms with E-state index in [4.69, 9.17) is 0 Å². The molecule has 17 heavy (non-hydrogen) atoms. The predicted octanol–water partition coefficient (Wildman–Crippen LogP) is 2.38. The maximum absolute atomic E-state index is 11.5. The molecule has 0 N–H and O–H groups in total. The molecule has 2 fully saturated rings. The first-order chi connectivity index (χ1) is 8.17. The summed E-state index contributed by atoms with van der Waals surface area (Å²) in [5.41, 5.74) is 1.65. The van der Waals surface area contributed by atoms with Gasteiger partial charge in [0.15, 0.2) is 0 Å². The summed E-state index contributed by atoms with van der Waals surface area (Å²) in [6.45, 7) is 4.41. The number of carbonyl (C=O) groups excluding carboxylic acids is 1. The Morgan fingerprint density at radius 3 is 2.82 bits per heavy atom. The maximum Gasteiger partial charge on any atom is 0.135 e. The molecular formula is C15H19NO. The lowest BCUT2D eigenvalue weighted by atomic mass is 9.80. The summed E-state index contributed by atoms with van der Waals surface area (Å²) in [5, 5.41) is 0. The van der Waals surface area contributed by atoms with E-state index in [1.807, 2.05) is 0 Å². The Balaban J connectivity index is 1.85. The fourth-order valence-electron chi connectivity index (χ4n) is 3.44. The summed E-state index contributed by atoms with van der Waals surface area (Å²) in [6.07, 6.45) is 2.65. The van der Waals surface area contributed by atoms with Gasteiger partial charge in [0.25, 0.3) is 0 Å². The zero-order chi connectivity index (χ0) is 11.9. The van der Waals surface area contributed by atoms with E-state index >= 15 is 0 Å². The highest BCUT2D eigenvalue weighted by Gasteiger charge is 2.43. The molecule has 0 amide bonds. The molecule has 2 unspecified atom stereocenters. The third-order valence-corrected chi connectivity index (χ3v) is 4.37. The Morgan fingerprint density at radius 1 is 1.29 bits per heavy atom. The van der Waals surface area contributed by atoms with Gasteiger partial charge in [0.05, 0.1) is 0 Å². The number of carbonyl (C=O) groups is 1. The third kappa shape index (κ3) is 1.91. The zero-order valence-electron chi connectivity index (χ0n) is 10.4. The van der Waals surface area contributed by atoms with E-state index in [0.29, 0.717) is 11.8 Å². The first kappa shape index (κ1) is 11.0. The number of hydrogen-bond donors (Lipinski definition) is 0. The number of benzene rings is 1. The smallest absolute Gasteiger partial charge is 0.135 e. The van der Waals surface area contributed by atoms with E-state index in [-0.39, 0.29) is 5.41 Å². The minimum atomic E-state index is 0.233. The van der Waals surface area contributed by atoms with Crippen molar-refractivity contribution < 1.29 is 4.79 Å². The molecule has 1 aromatic carbocycles. The number of fused-ring (bicyclic) bond motifs is 1. The van der Waals surface area contributed by atoms with Gasteiger partial charge < -0.3 is 0 Å². The van der Waals surface area contributed by atoms with E-state index < -0.39 is 0 Å². The normalized spacial score (nSPS) is 33.7. The van der Waals surface area contributed by atoms with Crippen molar-refractivity contribution >= 4 is 5.78 Å². The van der Waals surface area contributed by atoms with Gasteiger partial charge in [-0.3, -0.25) is 9.69 Å². The molecule has 3 rings (SSSR count). The molecular weight excluding hydrogens is 210 g/mol. The maximum atomic E-state index is 11.5. The van der Waals surface area contributed by atoms with E-state index in [0.717, 1.165) is 32.4 Å². The number of piperidine rings is 1. The molecule has 2 saturated heterocycles. The second-order valence-corrected chi connectivity index (χ2v) is 5.75. The Kier molecular flexibility index (Phi) is 2.55. The van der Waals surface area contributed by atoms with Crippen molar-refractivity contribution in [3.8, 4) is 0 Å². The number of hydrogen-bond acceptors (Lipinski definition) is 2. The fourth-order valence-corrected chi connectivity index (χ4v) is 3.44. The van der Waals surface area contributed by atoms with Crippen LogP contribution in [0.1, 0.15) is 31.7 Å². The highest BCUT2D eigenvalue weighted by molar-refractivity contribution is 5.80. The van der Waals surface area contributed by atoms with Gasteiger partial charge in [0.2, 0.25) is 0 Å². The van der Waals surface area contributed by atoms with Crippen LogP contribution >= 0.6 is 0 Å². The zero-order valence-corrected chi connectivity index (χ0v) is 10.4. The topological polar surface area (TPSA) is 20.3 Å². The molecule has 0 spiro atoms. The van der Waals surface area contributed by atoms with Crippen molar-refractivity contribution in [2.24, 2.45) is 0 Å². The minimum Gasteiger partial charge on any atom is -0.300 e. The lowest BCUT2D eigenvalue weighted by molar-refractivity contribution is -0.122. The standard InChI is InChI=1S/C15H19NO/c1-15(12-5-3-2-4-6-12)10-13-9-14(17)7-8-16(13)11-15/h2-6,13H,7-11H2,1H3. The summed E-state index contributed by atoms with van der Waals surface area (Å²) < 4.78 is 0. The van der Waals surface area contributed by atoms with E-state index in [9.17, 15) is 4.79 Å². The van der Waals surface area contributed by atoms with Gasteiger partial charge in [0, 0.05) is 37.4 Å². The van der Waals surface area contributed by atoms with Gasteiger partial charge in [-0.05, 0) is 12.0 Å². The lowest BCUT2D eigenvalue weighted by Crippen LogP contribution is -2.38. The van der Waals surface area contributed by atoms with Crippen molar-refractivity contribution in [1.82, 2.24) is 4.90 Å². The van der Waals surface area contributed by atoms with Crippen LogP contribution in [-0.4, -0.2) is 29.8 Å². The van der Waals surface area contributed by atoms with E-state index in [1.165, 1.54) is 5.56 Å². The van der Waals surface area contributed by atoms with Crippen LogP contribution in [-0.2, 0) is 10.2 Å². The van der Waals surface area contributed by atoms with Crippen molar-refractivity contribution in [1.29, 1.82) is 0 Å². The summed E-state index contributed by atoms with van der Waals surface area (Å²) in [4.78, 5) is 14.0. The molecule has 2 aliphatic rings. The van der Waals surface area contributed by atoms with Gasteiger partial charge in [-0.1, -0.05) is 37.3 Å². The number of Topliss-reactive ketones (excluding diaryl/α,β-unsaturated/α-hetero) is 1. The fraction of sp³-hybridized carbons (Fsp3) is 0.533. The summed E-state index contributed by atoms with van der Waals surface area (Å²) in [7, 11) is 0. The molecule has 2 heterocycles. The van der Waals surface area contributed by atoms with Crippen molar-refractivity contribution in [2.45, 2.75) is 37.6 Å². The van der Waals surface area contributed by atoms with Gasteiger partial charge in [-0.15, -0.1) is 0 Å². The average molecular weight is 229 g/mol. The molecule has 0 aromatic heterocycles. The van der Waals surface area contributed by atoms with Crippen LogP contribution in [0.5, 0.6) is 0 Å². The Bertz CT molecular complexity index is 428. The molecule has 2 atom stereocenters. The number of rotatable bonds is 1. The van der Waals surface area contributed by atoms with Gasteiger partial charge in [-0.25, -0.2) is 0 Å². The van der Waals surface area contributed by atoms with Gasteiger partial charge in [-0.2, -0.15) is 0 Å². The third-order valence-electron chi connectivity index (χ3n) is 4.37. The molecule has 90 valence electrons. The second-order valence-electron chi connectivity index (χ2n) is 5.75. The Morgan fingerprint density at radius 2 is 2.06 bits per heavy atom.